The van der Waals surface area contributed by atoms with E-state index in [-0.39, 0.29) is 30.1 Å². The van der Waals surface area contributed by atoms with Crippen LogP contribution in [0.4, 0.5) is 0 Å². The number of morpholine rings is 1. The molecular weight excluding hydrogens is 232 g/mol. The van der Waals surface area contributed by atoms with Crippen molar-refractivity contribution in [2.45, 2.75) is 44.8 Å². The highest BCUT2D eigenvalue weighted by Gasteiger charge is 2.44. The van der Waals surface area contributed by atoms with Crippen LogP contribution >= 0.6 is 0 Å². The molecule has 3 N–H and O–H groups in total. The predicted octanol–water partition coefficient (Wildman–Crippen LogP) is 0.114. The molecule has 104 valence electrons. The largest absolute Gasteiger partial charge is 0.394 e. The van der Waals surface area contributed by atoms with E-state index < -0.39 is 0 Å². The average Bonchev–Trinajstić information content (AvgIpc) is 2.88. The molecule has 0 aromatic heterocycles. The van der Waals surface area contributed by atoms with Crippen LogP contribution in [0, 0.1) is 5.41 Å². The Kier molecular flexibility index (Phi) is 4.25. The summed E-state index contributed by atoms with van der Waals surface area (Å²) in [5.74, 6) is 0.164. The molecule has 5 nitrogen and oxygen atoms in total. The summed E-state index contributed by atoms with van der Waals surface area (Å²) in [4.78, 5) is 14.6. The monoisotopic (exact) mass is 256 g/mol. The number of rotatable bonds is 3. The van der Waals surface area contributed by atoms with Crippen LogP contribution in [0.1, 0.15) is 32.6 Å². The van der Waals surface area contributed by atoms with E-state index in [2.05, 4.69) is 0 Å². The maximum absolute atomic E-state index is 12.7. The fraction of sp³-hybridized carbons (Fsp3) is 0.923. The van der Waals surface area contributed by atoms with Crippen LogP contribution in [0.3, 0.4) is 0 Å². The van der Waals surface area contributed by atoms with Crippen molar-refractivity contribution in [2.75, 3.05) is 26.3 Å². The number of hydrogen-bond acceptors (Lipinski definition) is 4. The minimum Gasteiger partial charge on any atom is -0.394 e. The van der Waals surface area contributed by atoms with Crippen molar-refractivity contribution in [3.05, 3.63) is 0 Å². The van der Waals surface area contributed by atoms with Gasteiger partial charge in [0.1, 0.15) is 0 Å². The normalized spacial score (nSPS) is 31.6. The Morgan fingerprint density at radius 1 is 1.50 bits per heavy atom. The van der Waals surface area contributed by atoms with Crippen LogP contribution < -0.4 is 5.73 Å². The Morgan fingerprint density at radius 2 is 2.17 bits per heavy atom. The average molecular weight is 256 g/mol. The second kappa shape index (κ2) is 5.55. The lowest BCUT2D eigenvalue weighted by atomic mass is 9.84. The van der Waals surface area contributed by atoms with Gasteiger partial charge in [0.2, 0.25) is 5.91 Å². The lowest BCUT2D eigenvalue weighted by molar-refractivity contribution is -0.156. The molecule has 2 rings (SSSR count). The van der Waals surface area contributed by atoms with Crippen LogP contribution in [0.15, 0.2) is 0 Å². The van der Waals surface area contributed by atoms with Gasteiger partial charge in [0.05, 0.1) is 30.8 Å². The van der Waals surface area contributed by atoms with Crippen LogP contribution in [-0.4, -0.2) is 54.4 Å². The molecule has 0 radical (unpaired) electrons. The molecule has 2 unspecified atom stereocenters. The van der Waals surface area contributed by atoms with Gasteiger partial charge >= 0.3 is 0 Å². The standard InChI is InChI=1S/C13H24N2O3/c1-10-8-18-11(7-16)6-15(10)12(17)13(9-14)4-2-3-5-13/h10-11,16H,2-9,14H2,1H3. The molecule has 0 bridgehead atoms. The molecule has 0 spiro atoms. The van der Waals surface area contributed by atoms with Crippen molar-refractivity contribution in [1.82, 2.24) is 4.90 Å². The molecule has 1 heterocycles. The number of carbonyl (C=O) groups excluding carboxylic acids is 1. The van der Waals surface area contributed by atoms with Crippen LogP contribution in [0.5, 0.6) is 0 Å². The number of aliphatic hydroxyl groups is 1. The highest BCUT2D eigenvalue weighted by molar-refractivity contribution is 5.83. The van der Waals surface area contributed by atoms with Crippen molar-refractivity contribution < 1.29 is 14.6 Å². The Balaban J connectivity index is 2.10. The molecule has 2 atom stereocenters. The Bertz CT molecular complexity index is 303. The molecular formula is C13H24N2O3. The van der Waals surface area contributed by atoms with E-state index in [4.69, 9.17) is 10.5 Å². The molecule has 2 aliphatic rings. The number of amides is 1. The van der Waals surface area contributed by atoms with E-state index in [0.717, 1.165) is 25.7 Å². The maximum atomic E-state index is 12.7. The molecule has 2 fully saturated rings. The van der Waals surface area contributed by atoms with Crippen molar-refractivity contribution in [3.8, 4) is 0 Å². The fourth-order valence-electron chi connectivity index (χ4n) is 3.07. The fourth-order valence-corrected chi connectivity index (χ4v) is 3.07. The molecule has 1 amide bonds. The molecule has 0 aromatic carbocycles. The Morgan fingerprint density at radius 3 is 2.72 bits per heavy atom. The summed E-state index contributed by atoms with van der Waals surface area (Å²) in [6, 6.07) is 0.0734. The predicted molar refractivity (Wildman–Crippen MR) is 68.0 cm³/mol. The summed E-state index contributed by atoms with van der Waals surface area (Å²) in [6.45, 7) is 3.37. The van der Waals surface area contributed by atoms with Gasteiger partial charge in [-0.3, -0.25) is 4.79 Å². The van der Waals surface area contributed by atoms with Crippen molar-refractivity contribution in [2.24, 2.45) is 11.1 Å². The molecule has 18 heavy (non-hydrogen) atoms. The number of ether oxygens (including phenoxy) is 1. The van der Waals surface area contributed by atoms with E-state index >= 15 is 0 Å². The third-order valence-electron chi connectivity index (χ3n) is 4.38. The van der Waals surface area contributed by atoms with Crippen LogP contribution in [0.2, 0.25) is 0 Å². The minimum absolute atomic E-state index is 0.0356. The van der Waals surface area contributed by atoms with Gasteiger partial charge in [-0.25, -0.2) is 0 Å². The molecule has 1 aliphatic heterocycles. The second-order valence-corrected chi connectivity index (χ2v) is 5.64. The summed E-state index contributed by atoms with van der Waals surface area (Å²) < 4.78 is 5.47. The third-order valence-corrected chi connectivity index (χ3v) is 4.38. The molecule has 5 heteroatoms. The van der Waals surface area contributed by atoms with Gasteiger partial charge in [-0.2, -0.15) is 0 Å². The summed E-state index contributed by atoms with van der Waals surface area (Å²) in [6.07, 6.45) is 3.73. The highest BCUT2D eigenvalue weighted by atomic mass is 16.5. The summed E-state index contributed by atoms with van der Waals surface area (Å²) in [5, 5.41) is 9.18. The maximum Gasteiger partial charge on any atom is 0.230 e. The third kappa shape index (κ3) is 2.39. The van der Waals surface area contributed by atoms with E-state index in [1.807, 2.05) is 11.8 Å². The first-order valence-electron chi connectivity index (χ1n) is 6.86. The zero-order chi connectivity index (χ0) is 13.2. The molecule has 1 saturated carbocycles. The van der Waals surface area contributed by atoms with Crippen molar-refractivity contribution in [1.29, 1.82) is 0 Å². The minimum atomic E-state index is -0.356. The smallest absolute Gasteiger partial charge is 0.230 e. The van der Waals surface area contributed by atoms with E-state index in [1.54, 1.807) is 0 Å². The van der Waals surface area contributed by atoms with E-state index in [9.17, 15) is 9.90 Å². The van der Waals surface area contributed by atoms with Crippen molar-refractivity contribution >= 4 is 5.91 Å². The van der Waals surface area contributed by atoms with Gasteiger partial charge in [0.15, 0.2) is 0 Å². The molecule has 1 saturated heterocycles. The first-order valence-corrected chi connectivity index (χ1v) is 6.86. The summed E-state index contributed by atoms with van der Waals surface area (Å²) >= 11 is 0. The number of nitrogens with two attached hydrogens (primary N) is 1. The van der Waals surface area contributed by atoms with Gasteiger partial charge in [-0.15, -0.1) is 0 Å². The lowest BCUT2D eigenvalue weighted by Crippen LogP contribution is -2.57. The molecule has 0 aromatic rings. The first kappa shape index (κ1) is 13.8. The SMILES string of the molecule is CC1COC(CO)CN1C(=O)C1(CN)CCCC1. The lowest BCUT2D eigenvalue weighted by Gasteiger charge is -2.42. The number of carbonyl (C=O) groups is 1. The zero-order valence-corrected chi connectivity index (χ0v) is 11.1. The summed E-state index contributed by atoms with van der Waals surface area (Å²) in [7, 11) is 0. The number of hydrogen-bond donors (Lipinski definition) is 2. The Labute approximate surface area is 108 Å². The second-order valence-electron chi connectivity index (χ2n) is 5.64. The zero-order valence-electron chi connectivity index (χ0n) is 11.1. The highest BCUT2D eigenvalue weighted by Crippen LogP contribution is 2.39. The van der Waals surface area contributed by atoms with Gasteiger partial charge in [0.25, 0.3) is 0 Å². The number of nitrogens with zero attached hydrogens (tertiary/aromatic N) is 1. The van der Waals surface area contributed by atoms with Crippen LogP contribution in [0.25, 0.3) is 0 Å². The summed E-state index contributed by atoms with van der Waals surface area (Å²) in [5.41, 5.74) is 5.51. The number of aliphatic hydroxyl groups excluding tert-OH is 1. The van der Waals surface area contributed by atoms with Gasteiger partial charge < -0.3 is 20.5 Å². The molecule has 1 aliphatic carbocycles. The van der Waals surface area contributed by atoms with Gasteiger partial charge in [-0.1, -0.05) is 12.8 Å². The van der Waals surface area contributed by atoms with Gasteiger partial charge in [-0.05, 0) is 19.8 Å². The van der Waals surface area contributed by atoms with E-state index in [1.165, 1.54) is 0 Å². The van der Waals surface area contributed by atoms with Crippen molar-refractivity contribution in [3.63, 3.8) is 0 Å². The van der Waals surface area contributed by atoms with Crippen LogP contribution in [-0.2, 0) is 9.53 Å². The quantitative estimate of drug-likeness (QED) is 0.751. The first-order chi connectivity index (χ1) is 8.63. The Hall–Kier alpha value is -0.650. The van der Waals surface area contributed by atoms with E-state index in [0.29, 0.717) is 19.7 Å². The van der Waals surface area contributed by atoms with Gasteiger partial charge in [0, 0.05) is 13.1 Å². The topological polar surface area (TPSA) is 75.8 Å².